The first-order valence-corrected chi connectivity index (χ1v) is 10.9. The smallest absolute Gasteiger partial charge is 0.392 e. The van der Waals surface area contributed by atoms with Crippen molar-refractivity contribution in [1.82, 2.24) is 15.3 Å². The second-order valence-corrected chi connectivity index (χ2v) is 8.13. The first-order chi connectivity index (χ1) is 16.6. The van der Waals surface area contributed by atoms with Crippen molar-refractivity contribution in [2.45, 2.75) is 38.4 Å². The van der Waals surface area contributed by atoms with E-state index in [2.05, 4.69) is 15.3 Å². The molecular weight excluding hydrogens is 461 g/mol. The summed E-state index contributed by atoms with van der Waals surface area (Å²) in [4.78, 5) is 29.8. The molecule has 0 aliphatic heterocycles. The highest BCUT2D eigenvalue weighted by molar-refractivity contribution is 5.99. The Morgan fingerprint density at radius 3 is 2.60 bits per heavy atom. The molecular formula is C25H25F3N4O3. The number of fused-ring (bicyclic) bond motifs is 1. The highest BCUT2D eigenvalue weighted by atomic mass is 19.4. The number of benzene rings is 1. The van der Waals surface area contributed by atoms with E-state index in [0.717, 1.165) is 16.5 Å². The number of nitrogens with zero attached hydrogens (tertiary/aromatic N) is 2. The minimum atomic E-state index is -4.17. The molecule has 2 heterocycles. The Kier molecular flexibility index (Phi) is 8.06. The van der Waals surface area contributed by atoms with Gasteiger partial charge in [-0.05, 0) is 50.0 Å². The molecule has 4 N–H and O–H groups in total. The van der Waals surface area contributed by atoms with Gasteiger partial charge in [-0.3, -0.25) is 14.6 Å². The van der Waals surface area contributed by atoms with Gasteiger partial charge in [-0.2, -0.15) is 13.2 Å². The molecule has 0 fully saturated rings. The minimum absolute atomic E-state index is 0.0222. The molecule has 10 heteroatoms. The van der Waals surface area contributed by atoms with Gasteiger partial charge in [0, 0.05) is 17.1 Å². The highest BCUT2D eigenvalue weighted by Crippen LogP contribution is 2.40. The number of nitrogens with two attached hydrogens (primary N) is 1. The van der Waals surface area contributed by atoms with E-state index in [-0.39, 0.29) is 31.3 Å². The Hall–Kier alpha value is -3.95. The third-order valence-electron chi connectivity index (χ3n) is 5.78. The summed E-state index contributed by atoms with van der Waals surface area (Å²) in [6, 6.07) is 12.2. The fraction of sp³-hybridized carbons (Fsp3) is 0.280. The lowest BCUT2D eigenvalue weighted by molar-refractivity contribution is -0.175. The van der Waals surface area contributed by atoms with Gasteiger partial charge in [-0.1, -0.05) is 30.3 Å². The van der Waals surface area contributed by atoms with Crippen LogP contribution in [0.2, 0.25) is 0 Å². The van der Waals surface area contributed by atoms with Crippen molar-refractivity contribution in [2.24, 2.45) is 5.92 Å². The van der Waals surface area contributed by atoms with Crippen LogP contribution < -0.4 is 11.1 Å². The lowest BCUT2D eigenvalue weighted by atomic mass is 9.85. The molecule has 1 aliphatic carbocycles. The van der Waals surface area contributed by atoms with Gasteiger partial charge in [0.1, 0.15) is 5.82 Å². The average molecular weight is 486 g/mol. The zero-order chi connectivity index (χ0) is 25.6. The van der Waals surface area contributed by atoms with E-state index in [0.29, 0.717) is 29.0 Å². The second-order valence-electron chi connectivity index (χ2n) is 8.13. The summed E-state index contributed by atoms with van der Waals surface area (Å²) in [5.41, 5.74) is 9.10. The number of allylic oxidation sites excluding steroid dienone is 2. The summed E-state index contributed by atoms with van der Waals surface area (Å²) < 4.78 is 38.9. The maximum absolute atomic E-state index is 13.0. The third kappa shape index (κ3) is 6.34. The second kappa shape index (κ2) is 11.0. The number of nitrogen functional groups attached to an aromatic ring is 1. The zero-order valence-electron chi connectivity index (χ0n) is 18.9. The molecule has 2 atom stereocenters. The van der Waals surface area contributed by atoms with Crippen molar-refractivity contribution in [3.05, 3.63) is 71.6 Å². The number of alkyl halides is 3. The van der Waals surface area contributed by atoms with Crippen molar-refractivity contribution < 1.29 is 27.9 Å². The first kappa shape index (κ1) is 25.7. The zero-order valence-corrected chi connectivity index (χ0v) is 18.9. The molecule has 0 saturated carbocycles. The highest BCUT2D eigenvalue weighted by Gasteiger charge is 2.39. The van der Waals surface area contributed by atoms with Crippen LogP contribution in [-0.2, 0) is 4.79 Å². The van der Waals surface area contributed by atoms with Gasteiger partial charge in [-0.15, -0.1) is 0 Å². The van der Waals surface area contributed by atoms with Gasteiger partial charge >= 0.3 is 6.18 Å². The van der Waals surface area contributed by atoms with Gasteiger partial charge < -0.3 is 16.2 Å². The molecule has 2 aromatic heterocycles. The molecule has 0 spiro atoms. The average Bonchev–Trinajstić information content (AvgIpc) is 2.83. The van der Waals surface area contributed by atoms with E-state index in [1.165, 1.54) is 6.20 Å². The van der Waals surface area contributed by atoms with E-state index in [1.54, 1.807) is 30.3 Å². The molecule has 7 nitrogen and oxygen atoms in total. The predicted octanol–water partition coefficient (Wildman–Crippen LogP) is 5.15. The van der Waals surface area contributed by atoms with Crippen molar-refractivity contribution in [1.29, 1.82) is 0 Å². The normalized spacial score (nSPS) is 16.5. The molecule has 1 unspecified atom stereocenters. The molecule has 184 valence electrons. The van der Waals surface area contributed by atoms with Crippen molar-refractivity contribution >= 4 is 34.7 Å². The summed E-state index contributed by atoms with van der Waals surface area (Å²) in [6.45, 7) is 1.57. The maximum Gasteiger partial charge on any atom is 0.392 e. The Morgan fingerprint density at radius 1 is 1.26 bits per heavy atom. The Balaban J connectivity index is 0.00000108. The quantitative estimate of drug-likeness (QED) is 0.439. The van der Waals surface area contributed by atoms with E-state index >= 15 is 0 Å². The van der Waals surface area contributed by atoms with Crippen LogP contribution in [0.1, 0.15) is 53.8 Å². The Labute approximate surface area is 199 Å². The number of pyridine rings is 2. The van der Waals surface area contributed by atoms with Crippen molar-refractivity contribution in [3.8, 4) is 0 Å². The third-order valence-corrected chi connectivity index (χ3v) is 5.78. The number of rotatable bonds is 4. The number of nitrogens with one attached hydrogen (secondary N) is 1. The van der Waals surface area contributed by atoms with Gasteiger partial charge in [-0.25, -0.2) is 4.98 Å². The van der Waals surface area contributed by atoms with Crippen LogP contribution in [0.4, 0.5) is 19.0 Å². The lowest BCUT2D eigenvalue weighted by Gasteiger charge is -2.24. The monoisotopic (exact) mass is 486 g/mol. The van der Waals surface area contributed by atoms with Gasteiger partial charge in [0.2, 0.25) is 0 Å². The molecule has 0 bridgehead atoms. The number of para-hydroxylation sites is 1. The van der Waals surface area contributed by atoms with E-state index in [1.807, 2.05) is 25.1 Å². The van der Waals surface area contributed by atoms with Crippen molar-refractivity contribution in [3.63, 3.8) is 0 Å². The number of anilines is 1. The predicted molar refractivity (Wildman–Crippen MR) is 126 cm³/mol. The minimum Gasteiger partial charge on any atom is -0.483 e. The fourth-order valence-electron chi connectivity index (χ4n) is 3.98. The molecule has 1 aromatic carbocycles. The van der Waals surface area contributed by atoms with Crippen LogP contribution in [0, 0.1) is 5.92 Å². The lowest BCUT2D eigenvalue weighted by Crippen LogP contribution is -2.27. The van der Waals surface area contributed by atoms with Crippen LogP contribution >= 0.6 is 0 Å². The Morgan fingerprint density at radius 2 is 1.97 bits per heavy atom. The molecule has 3 aromatic rings. The van der Waals surface area contributed by atoms with Crippen LogP contribution in [-0.4, -0.2) is 33.6 Å². The summed E-state index contributed by atoms with van der Waals surface area (Å²) in [5.74, 6) is -1.21. The summed E-state index contributed by atoms with van der Waals surface area (Å²) in [7, 11) is 0. The number of halogens is 3. The van der Waals surface area contributed by atoms with Crippen LogP contribution in [0.15, 0.2) is 54.7 Å². The summed E-state index contributed by atoms with van der Waals surface area (Å²) in [6.07, 6.45) is -0.618. The number of amides is 1. The van der Waals surface area contributed by atoms with E-state index in [4.69, 9.17) is 15.6 Å². The van der Waals surface area contributed by atoms with E-state index < -0.39 is 12.1 Å². The molecule has 0 saturated heterocycles. The topological polar surface area (TPSA) is 118 Å². The molecule has 4 rings (SSSR count). The van der Waals surface area contributed by atoms with Crippen molar-refractivity contribution in [2.75, 3.05) is 5.73 Å². The maximum atomic E-state index is 13.0. The number of carboxylic acid groups (broad SMARTS) is 1. The van der Waals surface area contributed by atoms with E-state index in [9.17, 15) is 18.0 Å². The SMILES string of the molecule is C[C@H](NC(=O)c1cnc2c(C3=CCC(C(F)(F)F)CC3)cccc2c1)c1cccc(N)n1.O=CO. The number of hydrogen-bond acceptors (Lipinski definition) is 5. The van der Waals surface area contributed by atoms with Gasteiger partial charge in [0.15, 0.2) is 0 Å². The fourth-order valence-corrected chi connectivity index (χ4v) is 3.98. The number of carbonyl (C=O) groups is 2. The molecule has 0 radical (unpaired) electrons. The summed E-state index contributed by atoms with van der Waals surface area (Å²) >= 11 is 0. The standard InChI is InChI=1S/C24H23F3N4O.CH2O2/c1-14(20-6-3-7-21(28)31-20)30-23(32)17-12-16-4-2-5-19(22(16)29-13-17)15-8-10-18(11-9-15)24(25,26)27;2-1-3/h2-8,12-14,18H,9-11H2,1H3,(H2,28,31)(H,30,32);1H,(H,2,3)/t14-,18?;/m0./s1. The molecule has 35 heavy (non-hydrogen) atoms. The molecule has 1 amide bonds. The number of carbonyl (C=O) groups excluding carboxylic acids is 1. The van der Waals surface area contributed by atoms with Gasteiger partial charge in [0.25, 0.3) is 12.4 Å². The van der Waals surface area contributed by atoms with Gasteiger partial charge in [0.05, 0.1) is 28.7 Å². The Bertz CT molecular complexity index is 1240. The largest absolute Gasteiger partial charge is 0.483 e. The first-order valence-electron chi connectivity index (χ1n) is 10.9. The number of aromatic nitrogens is 2. The summed E-state index contributed by atoms with van der Waals surface area (Å²) in [5, 5.41) is 10.5. The molecule has 1 aliphatic rings. The van der Waals surface area contributed by atoms with Crippen LogP contribution in [0.3, 0.4) is 0 Å². The van der Waals surface area contributed by atoms with Crippen LogP contribution in [0.25, 0.3) is 16.5 Å². The number of hydrogen-bond donors (Lipinski definition) is 3. The van der Waals surface area contributed by atoms with Crippen LogP contribution in [0.5, 0.6) is 0 Å².